The molecular weight excluding hydrogens is 613 g/mol. The number of nitrogens with one attached hydrogen (secondary N) is 1. The summed E-state index contributed by atoms with van der Waals surface area (Å²) in [4.78, 5) is 49.0. The zero-order chi connectivity index (χ0) is 32.5. The second-order valence-electron chi connectivity index (χ2n) is 10.9. The Morgan fingerprint density at radius 1 is 1.13 bits per heavy atom. The van der Waals surface area contributed by atoms with Gasteiger partial charge in [0, 0.05) is 48.3 Å². The standard InChI is InChI=1S/C31H28ClF3N6O4/c1-18(42)39-16-25(41(27(43)17-39)26-11-19(15-36)9-10-37-26)30(45)40(22-6-4-5-20(33)12-22)28(23-7-2-3-8-24(23)32)29(44)38-21-13-31(34,35)14-21/h2-12,21,25,27-28,43H,13-14,16-17H2,1H3,(H,38,44)/t25-,27?,28-/m0/s1. The number of rotatable bonds is 7. The number of nitriles is 1. The Hall–Kier alpha value is -4.67. The number of aromatic nitrogens is 1. The van der Waals surface area contributed by atoms with Crippen molar-refractivity contribution in [2.24, 2.45) is 0 Å². The Morgan fingerprint density at radius 2 is 1.87 bits per heavy atom. The summed E-state index contributed by atoms with van der Waals surface area (Å²) >= 11 is 6.54. The van der Waals surface area contributed by atoms with Gasteiger partial charge in [-0.3, -0.25) is 19.3 Å². The number of halogens is 4. The summed E-state index contributed by atoms with van der Waals surface area (Å²) in [7, 11) is 0. The highest BCUT2D eigenvalue weighted by Gasteiger charge is 2.49. The van der Waals surface area contributed by atoms with Crippen LogP contribution in [0.5, 0.6) is 0 Å². The van der Waals surface area contributed by atoms with E-state index in [-0.39, 0.29) is 40.7 Å². The Bertz CT molecular complexity index is 1660. The zero-order valence-corrected chi connectivity index (χ0v) is 24.7. The fraction of sp³-hybridized carbons (Fsp3) is 0.323. The molecule has 2 aliphatic rings. The highest BCUT2D eigenvalue weighted by molar-refractivity contribution is 6.31. The molecule has 14 heteroatoms. The molecule has 1 saturated heterocycles. The maximum Gasteiger partial charge on any atom is 0.252 e. The summed E-state index contributed by atoms with van der Waals surface area (Å²) in [5.41, 5.74) is 0.225. The van der Waals surface area contributed by atoms with E-state index in [4.69, 9.17) is 11.6 Å². The molecule has 2 fully saturated rings. The van der Waals surface area contributed by atoms with Crippen molar-refractivity contribution in [2.75, 3.05) is 22.9 Å². The first-order chi connectivity index (χ1) is 21.4. The van der Waals surface area contributed by atoms with E-state index in [9.17, 15) is 37.9 Å². The van der Waals surface area contributed by atoms with E-state index in [1.807, 2.05) is 6.07 Å². The molecule has 45 heavy (non-hydrogen) atoms. The second kappa shape index (κ2) is 12.7. The summed E-state index contributed by atoms with van der Waals surface area (Å²) in [6.07, 6.45) is -1.35. The molecule has 1 unspecified atom stereocenters. The van der Waals surface area contributed by atoms with Crippen molar-refractivity contribution in [2.45, 2.75) is 50.0 Å². The van der Waals surface area contributed by atoms with Crippen LogP contribution in [-0.4, -0.2) is 70.0 Å². The Labute approximate surface area is 261 Å². The monoisotopic (exact) mass is 640 g/mol. The van der Waals surface area contributed by atoms with Gasteiger partial charge in [-0.25, -0.2) is 18.2 Å². The number of anilines is 2. The minimum absolute atomic E-state index is 0.0396. The SMILES string of the molecule is CC(=O)N1CC(O)N(c2cc(C#N)ccn2)[C@H](C(=O)N(c2cccc(F)c2)[C@H](C(=O)NC2CC(F)(F)C2)c2ccccc2Cl)C1. The number of pyridine rings is 1. The third-order valence-corrected chi connectivity index (χ3v) is 8.11. The molecule has 3 atom stereocenters. The highest BCUT2D eigenvalue weighted by Crippen LogP contribution is 2.39. The number of β-amino-alcohol motifs (C(OH)–C–C–N with tert-alkyl or cyclic N) is 1. The Kier molecular flexibility index (Phi) is 8.99. The largest absolute Gasteiger partial charge is 0.372 e. The molecule has 0 radical (unpaired) electrons. The molecule has 1 saturated carbocycles. The fourth-order valence-corrected chi connectivity index (χ4v) is 5.83. The van der Waals surface area contributed by atoms with Crippen LogP contribution in [-0.2, 0) is 14.4 Å². The molecule has 2 heterocycles. The van der Waals surface area contributed by atoms with Crippen LogP contribution in [0.25, 0.3) is 0 Å². The average molecular weight is 641 g/mol. The lowest BCUT2D eigenvalue weighted by Gasteiger charge is -2.46. The van der Waals surface area contributed by atoms with Crippen molar-refractivity contribution in [1.29, 1.82) is 5.26 Å². The maximum atomic E-state index is 14.8. The van der Waals surface area contributed by atoms with Gasteiger partial charge in [0.25, 0.3) is 11.8 Å². The molecule has 10 nitrogen and oxygen atoms in total. The first-order valence-corrected chi connectivity index (χ1v) is 14.4. The first kappa shape index (κ1) is 31.7. The lowest BCUT2D eigenvalue weighted by molar-refractivity contribution is -0.136. The van der Waals surface area contributed by atoms with Gasteiger partial charge < -0.3 is 20.2 Å². The molecule has 0 spiro atoms. The first-order valence-electron chi connectivity index (χ1n) is 14.0. The van der Waals surface area contributed by atoms with E-state index in [2.05, 4.69) is 10.3 Å². The topological polar surface area (TPSA) is 130 Å². The number of nitrogens with zero attached hydrogens (tertiary/aromatic N) is 5. The second-order valence-corrected chi connectivity index (χ2v) is 11.3. The van der Waals surface area contributed by atoms with Gasteiger partial charge in [-0.05, 0) is 36.4 Å². The van der Waals surface area contributed by atoms with Crippen molar-refractivity contribution in [3.8, 4) is 6.07 Å². The number of hydrogen-bond acceptors (Lipinski definition) is 7. The number of alkyl halides is 2. The summed E-state index contributed by atoms with van der Waals surface area (Å²) in [6, 6.07) is 11.9. The van der Waals surface area contributed by atoms with Crippen molar-refractivity contribution in [1.82, 2.24) is 15.2 Å². The number of hydrogen-bond donors (Lipinski definition) is 2. The maximum absolute atomic E-state index is 14.8. The van der Waals surface area contributed by atoms with Crippen LogP contribution in [0.4, 0.5) is 24.7 Å². The number of carbonyl (C=O) groups is 3. The molecule has 3 aromatic rings. The quantitative estimate of drug-likeness (QED) is 0.402. The van der Waals surface area contributed by atoms with Crippen LogP contribution < -0.4 is 15.1 Å². The lowest BCUT2D eigenvalue weighted by atomic mass is 9.87. The van der Waals surface area contributed by atoms with E-state index in [0.29, 0.717) is 0 Å². The molecule has 1 aliphatic heterocycles. The van der Waals surface area contributed by atoms with E-state index >= 15 is 0 Å². The van der Waals surface area contributed by atoms with Gasteiger partial charge in [-0.2, -0.15) is 5.26 Å². The number of aliphatic hydroxyl groups is 1. The van der Waals surface area contributed by atoms with Crippen LogP contribution in [0.2, 0.25) is 5.02 Å². The minimum Gasteiger partial charge on any atom is -0.372 e. The fourth-order valence-electron chi connectivity index (χ4n) is 5.59. The van der Waals surface area contributed by atoms with E-state index in [1.54, 1.807) is 12.1 Å². The minimum atomic E-state index is -2.95. The predicted octanol–water partition coefficient (Wildman–Crippen LogP) is 3.79. The predicted molar refractivity (Wildman–Crippen MR) is 158 cm³/mol. The lowest BCUT2D eigenvalue weighted by Crippen LogP contribution is -2.66. The van der Waals surface area contributed by atoms with Gasteiger partial charge in [0.2, 0.25) is 11.8 Å². The summed E-state index contributed by atoms with van der Waals surface area (Å²) < 4.78 is 42.1. The smallest absolute Gasteiger partial charge is 0.252 e. The molecule has 2 aromatic carbocycles. The Balaban J connectivity index is 1.66. The van der Waals surface area contributed by atoms with Gasteiger partial charge >= 0.3 is 0 Å². The van der Waals surface area contributed by atoms with Crippen LogP contribution in [0.15, 0.2) is 66.9 Å². The van der Waals surface area contributed by atoms with Gasteiger partial charge in [-0.15, -0.1) is 0 Å². The van der Waals surface area contributed by atoms with E-state index in [1.165, 1.54) is 59.3 Å². The average Bonchev–Trinajstić information content (AvgIpc) is 2.98. The van der Waals surface area contributed by atoms with Crippen LogP contribution in [0, 0.1) is 17.1 Å². The molecular formula is C31H28ClF3N6O4. The van der Waals surface area contributed by atoms with Crippen molar-refractivity contribution in [3.63, 3.8) is 0 Å². The summed E-state index contributed by atoms with van der Waals surface area (Å²) in [5.74, 6) is -5.82. The van der Waals surface area contributed by atoms with E-state index in [0.717, 1.165) is 17.0 Å². The van der Waals surface area contributed by atoms with Gasteiger partial charge in [0.05, 0.1) is 24.7 Å². The van der Waals surface area contributed by atoms with Gasteiger partial charge in [0.15, 0.2) is 0 Å². The molecule has 0 bridgehead atoms. The highest BCUT2D eigenvalue weighted by atomic mass is 35.5. The number of benzene rings is 2. The zero-order valence-electron chi connectivity index (χ0n) is 23.9. The normalized spacial score (nSPS) is 20.0. The summed E-state index contributed by atoms with van der Waals surface area (Å²) in [6.45, 7) is 0.778. The van der Waals surface area contributed by atoms with Crippen LogP contribution in [0.3, 0.4) is 0 Å². The molecule has 234 valence electrons. The molecule has 2 N–H and O–H groups in total. The van der Waals surface area contributed by atoms with Gasteiger partial charge in [0.1, 0.15) is 29.9 Å². The number of piperazine rings is 1. The number of carbonyl (C=O) groups excluding carboxylic acids is 3. The molecule has 1 aromatic heterocycles. The third kappa shape index (κ3) is 6.72. The van der Waals surface area contributed by atoms with E-state index < -0.39 is 66.7 Å². The number of aliphatic hydroxyl groups excluding tert-OH is 1. The Morgan fingerprint density at radius 3 is 2.51 bits per heavy atom. The molecule has 5 rings (SSSR count). The molecule has 1 aliphatic carbocycles. The molecule has 3 amide bonds. The van der Waals surface area contributed by atoms with Crippen LogP contribution >= 0.6 is 11.6 Å². The van der Waals surface area contributed by atoms with Crippen molar-refractivity contribution in [3.05, 3.63) is 88.8 Å². The summed E-state index contributed by atoms with van der Waals surface area (Å²) in [5, 5.41) is 23.4. The van der Waals surface area contributed by atoms with Crippen molar-refractivity contribution < 1.29 is 32.7 Å². The van der Waals surface area contributed by atoms with Gasteiger partial charge in [-0.1, -0.05) is 35.9 Å². The number of amides is 3. The third-order valence-electron chi connectivity index (χ3n) is 7.77. The van der Waals surface area contributed by atoms with Crippen LogP contribution in [0.1, 0.15) is 36.9 Å². The van der Waals surface area contributed by atoms with Crippen molar-refractivity contribution >= 4 is 40.8 Å².